The number of hydrogen-bond acceptors (Lipinski definition) is 5. The Hall–Kier alpha value is -4.17. The first-order valence-corrected chi connectivity index (χ1v) is 12.0. The minimum absolute atomic E-state index is 0.0547. The van der Waals surface area contributed by atoms with E-state index >= 15 is 0 Å². The SMILES string of the molecule is CC(NC=O)c1cccc(NC=O)c1.CCNc1cccc(C(N)=O)c1.COCCc1ccccc1C. The van der Waals surface area contributed by atoms with Gasteiger partial charge >= 0.3 is 0 Å². The molecule has 0 aliphatic rings. The van der Waals surface area contributed by atoms with Crippen molar-refractivity contribution in [3.63, 3.8) is 0 Å². The summed E-state index contributed by atoms with van der Waals surface area (Å²) in [7, 11) is 1.73. The zero-order valence-corrected chi connectivity index (χ0v) is 22.0. The number of carbonyl (C=O) groups is 3. The largest absolute Gasteiger partial charge is 0.385 e. The summed E-state index contributed by atoms with van der Waals surface area (Å²) in [6, 6.07) is 22.8. The van der Waals surface area contributed by atoms with Crippen molar-refractivity contribution in [3.8, 4) is 0 Å². The fourth-order valence-corrected chi connectivity index (χ4v) is 3.25. The number of carbonyl (C=O) groups excluding carboxylic acids is 3. The van der Waals surface area contributed by atoms with E-state index in [-0.39, 0.29) is 6.04 Å². The Labute approximate surface area is 219 Å². The molecule has 0 heterocycles. The van der Waals surface area contributed by atoms with Crippen molar-refractivity contribution in [2.45, 2.75) is 33.2 Å². The quantitative estimate of drug-likeness (QED) is 0.286. The third kappa shape index (κ3) is 12.4. The van der Waals surface area contributed by atoms with Gasteiger partial charge in [0.1, 0.15) is 0 Å². The zero-order valence-electron chi connectivity index (χ0n) is 22.0. The first kappa shape index (κ1) is 30.9. The van der Waals surface area contributed by atoms with Crippen LogP contribution in [-0.4, -0.2) is 39.0 Å². The smallest absolute Gasteiger partial charge is 0.248 e. The molecule has 8 heteroatoms. The van der Waals surface area contributed by atoms with Crippen molar-refractivity contribution in [2.75, 3.05) is 30.9 Å². The molecule has 8 nitrogen and oxygen atoms in total. The van der Waals surface area contributed by atoms with Gasteiger partial charge in [0.2, 0.25) is 18.7 Å². The normalized spacial score (nSPS) is 10.4. The number of hydrogen-bond donors (Lipinski definition) is 4. The maximum absolute atomic E-state index is 10.8. The molecule has 0 aliphatic heterocycles. The van der Waals surface area contributed by atoms with Gasteiger partial charge < -0.3 is 26.4 Å². The van der Waals surface area contributed by atoms with Crippen molar-refractivity contribution in [2.24, 2.45) is 5.73 Å². The predicted octanol–water partition coefficient (Wildman–Crippen LogP) is 4.46. The van der Waals surface area contributed by atoms with E-state index in [2.05, 4.69) is 47.1 Å². The zero-order chi connectivity index (χ0) is 27.5. The van der Waals surface area contributed by atoms with Crippen LogP contribution in [0.25, 0.3) is 0 Å². The summed E-state index contributed by atoms with van der Waals surface area (Å²) >= 11 is 0. The Balaban J connectivity index is 0.000000280. The van der Waals surface area contributed by atoms with Gasteiger partial charge in [-0.3, -0.25) is 14.4 Å². The number of amides is 3. The van der Waals surface area contributed by atoms with Gasteiger partial charge in [0, 0.05) is 30.6 Å². The number of nitrogens with two attached hydrogens (primary N) is 1. The summed E-state index contributed by atoms with van der Waals surface area (Å²) in [6.45, 7) is 7.64. The van der Waals surface area contributed by atoms with Crippen LogP contribution >= 0.6 is 0 Å². The van der Waals surface area contributed by atoms with E-state index < -0.39 is 5.91 Å². The summed E-state index contributed by atoms with van der Waals surface area (Å²) in [5.41, 5.74) is 11.0. The molecule has 0 bridgehead atoms. The predicted molar refractivity (Wildman–Crippen MR) is 150 cm³/mol. The lowest BCUT2D eigenvalue weighted by molar-refractivity contribution is -0.110. The molecule has 198 valence electrons. The first-order valence-electron chi connectivity index (χ1n) is 12.0. The van der Waals surface area contributed by atoms with E-state index in [0.29, 0.717) is 18.4 Å². The summed E-state index contributed by atoms with van der Waals surface area (Å²) < 4.78 is 5.00. The minimum atomic E-state index is -0.394. The number of rotatable bonds is 11. The Kier molecular flexibility index (Phi) is 15.1. The number of nitrogens with one attached hydrogen (secondary N) is 3. The van der Waals surface area contributed by atoms with E-state index in [4.69, 9.17) is 10.5 Å². The molecule has 0 saturated heterocycles. The molecule has 0 spiro atoms. The lowest BCUT2D eigenvalue weighted by Crippen LogP contribution is -2.16. The Bertz CT molecular complexity index is 1100. The first-order chi connectivity index (χ1) is 17.9. The molecule has 1 unspecified atom stereocenters. The number of ether oxygens (including phenoxy) is 1. The van der Waals surface area contributed by atoms with Crippen LogP contribution in [0.15, 0.2) is 72.8 Å². The monoisotopic (exact) mass is 506 g/mol. The molecule has 1 atom stereocenters. The van der Waals surface area contributed by atoms with Gasteiger partial charge in [-0.15, -0.1) is 0 Å². The molecule has 0 aliphatic carbocycles. The van der Waals surface area contributed by atoms with Crippen LogP contribution in [0.4, 0.5) is 11.4 Å². The third-order valence-corrected chi connectivity index (χ3v) is 5.30. The summed E-state index contributed by atoms with van der Waals surface area (Å²) in [6.07, 6.45) is 2.30. The fraction of sp³-hybridized carbons (Fsp3) is 0.276. The van der Waals surface area contributed by atoms with Crippen LogP contribution in [0.2, 0.25) is 0 Å². The molecule has 0 radical (unpaired) electrons. The maximum Gasteiger partial charge on any atom is 0.248 e. The standard InChI is InChI=1S/C10H12N2O2.C10H14O.C9H12N2O/c1-8(11-6-13)9-3-2-4-10(5-9)12-7-14;1-9-5-3-4-6-10(9)7-8-11-2;1-2-11-8-5-3-4-7(6-8)9(10)12/h2-8H,1H3,(H,11,13)(H,12,14);3-6H,7-8H2,1-2H3;3-6,11H,2H2,1H3,(H2,10,12). The van der Waals surface area contributed by atoms with Gasteiger partial charge in [-0.05, 0) is 74.2 Å². The van der Waals surface area contributed by atoms with Crippen LogP contribution in [0.3, 0.4) is 0 Å². The molecular weight excluding hydrogens is 468 g/mol. The van der Waals surface area contributed by atoms with Crippen molar-refractivity contribution in [1.29, 1.82) is 0 Å². The minimum Gasteiger partial charge on any atom is -0.385 e. The van der Waals surface area contributed by atoms with Gasteiger partial charge in [-0.25, -0.2) is 0 Å². The van der Waals surface area contributed by atoms with Gasteiger partial charge in [-0.2, -0.15) is 0 Å². The number of anilines is 2. The fourth-order valence-electron chi connectivity index (χ4n) is 3.25. The molecule has 3 rings (SSSR count). The number of primary amides is 1. The van der Waals surface area contributed by atoms with Crippen LogP contribution in [0, 0.1) is 6.92 Å². The van der Waals surface area contributed by atoms with Crippen LogP contribution in [-0.2, 0) is 20.7 Å². The number of methoxy groups -OCH3 is 1. The molecule has 37 heavy (non-hydrogen) atoms. The highest BCUT2D eigenvalue weighted by molar-refractivity contribution is 5.93. The van der Waals surface area contributed by atoms with E-state index in [1.807, 2.05) is 38.1 Å². The van der Waals surface area contributed by atoms with Crippen molar-refractivity contribution in [3.05, 3.63) is 95.1 Å². The number of aryl methyl sites for hydroxylation is 1. The average Bonchev–Trinajstić information content (AvgIpc) is 2.90. The highest BCUT2D eigenvalue weighted by Crippen LogP contribution is 2.16. The number of benzene rings is 3. The molecule has 5 N–H and O–H groups in total. The van der Waals surface area contributed by atoms with Gasteiger partial charge in [0.25, 0.3) is 0 Å². The Morgan fingerprint density at radius 3 is 2.30 bits per heavy atom. The molecule has 0 fully saturated rings. The topological polar surface area (TPSA) is 123 Å². The summed E-state index contributed by atoms with van der Waals surface area (Å²) in [5, 5.41) is 8.28. The van der Waals surface area contributed by atoms with E-state index in [1.54, 1.807) is 31.4 Å². The third-order valence-electron chi connectivity index (χ3n) is 5.30. The molecular formula is C29H38N4O4. The average molecular weight is 507 g/mol. The van der Waals surface area contributed by atoms with Gasteiger partial charge in [0.15, 0.2) is 0 Å². The van der Waals surface area contributed by atoms with E-state index in [1.165, 1.54) is 11.1 Å². The molecule has 0 aromatic heterocycles. The molecule has 3 aromatic carbocycles. The van der Waals surface area contributed by atoms with Crippen LogP contribution in [0.1, 0.15) is 46.9 Å². The Morgan fingerprint density at radius 2 is 1.68 bits per heavy atom. The lowest BCUT2D eigenvalue weighted by Gasteiger charge is -2.11. The summed E-state index contributed by atoms with van der Waals surface area (Å²) in [4.78, 5) is 31.2. The molecule has 0 saturated carbocycles. The highest BCUT2D eigenvalue weighted by atomic mass is 16.5. The lowest BCUT2D eigenvalue weighted by atomic mass is 10.1. The molecule has 3 amide bonds. The van der Waals surface area contributed by atoms with Crippen molar-refractivity contribution in [1.82, 2.24) is 5.32 Å². The maximum atomic E-state index is 10.8. The van der Waals surface area contributed by atoms with Crippen molar-refractivity contribution >= 4 is 30.1 Å². The highest BCUT2D eigenvalue weighted by Gasteiger charge is 2.03. The van der Waals surface area contributed by atoms with Crippen molar-refractivity contribution < 1.29 is 19.1 Å². The second kappa shape index (κ2) is 18.1. The van der Waals surface area contributed by atoms with Crippen LogP contribution < -0.4 is 21.7 Å². The summed E-state index contributed by atoms with van der Waals surface area (Å²) in [5.74, 6) is -0.394. The molecule has 3 aromatic rings. The van der Waals surface area contributed by atoms with E-state index in [0.717, 1.165) is 36.5 Å². The van der Waals surface area contributed by atoms with E-state index in [9.17, 15) is 14.4 Å². The second-order valence-corrected chi connectivity index (χ2v) is 8.04. The van der Waals surface area contributed by atoms with Crippen LogP contribution in [0.5, 0.6) is 0 Å². The van der Waals surface area contributed by atoms with Gasteiger partial charge in [-0.1, -0.05) is 42.5 Å². The van der Waals surface area contributed by atoms with Gasteiger partial charge in [0.05, 0.1) is 12.6 Å². The second-order valence-electron chi connectivity index (χ2n) is 8.04. The Morgan fingerprint density at radius 1 is 0.973 bits per heavy atom.